The highest BCUT2D eigenvalue weighted by molar-refractivity contribution is 7.99. The zero-order valence-electron chi connectivity index (χ0n) is 7.34. The second-order valence-corrected chi connectivity index (χ2v) is 3.64. The van der Waals surface area contributed by atoms with Gasteiger partial charge in [-0.3, -0.25) is 0 Å². The Kier molecular flexibility index (Phi) is 2.82. The molecule has 1 saturated heterocycles. The third-order valence-electron chi connectivity index (χ3n) is 1.71. The molecule has 0 spiro atoms. The van der Waals surface area contributed by atoms with Gasteiger partial charge in [-0.1, -0.05) is 11.8 Å². The molecule has 2 heterocycles. The highest BCUT2D eigenvalue weighted by Crippen LogP contribution is 2.17. The van der Waals surface area contributed by atoms with Gasteiger partial charge in [-0.05, 0) is 0 Å². The molecule has 0 aliphatic carbocycles. The molecule has 0 amide bonds. The molecule has 0 unspecified atom stereocenters. The maximum absolute atomic E-state index is 5.29. The van der Waals surface area contributed by atoms with E-state index in [2.05, 4.69) is 10.1 Å². The molecular formula is C7H11N3O2S. The van der Waals surface area contributed by atoms with E-state index < -0.39 is 0 Å². The predicted molar refractivity (Wildman–Crippen MR) is 47.4 cm³/mol. The summed E-state index contributed by atoms with van der Waals surface area (Å²) in [6.07, 6.45) is 1.46. The van der Waals surface area contributed by atoms with E-state index in [1.54, 1.807) is 22.8 Å². The zero-order chi connectivity index (χ0) is 9.10. The van der Waals surface area contributed by atoms with Crippen molar-refractivity contribution in [2.45, 2.75) is 11.4 Å². The normalized spacial score (nSPS) is 18.2. The summed E-state index contributed by atoms with van der Waals surface area (Å²) in [5.41, 5.74) is 0. The predicted octanol–water partition coefficient (Wildman–Crippen LogP) is 0.280. The number of nitrogens with zero attached hydrogens (tertiary/aromatic N) is 3. The second-order valence-electron chi connectivity index (χ2n) is 2.65. The van der Waals surface area contributed by atoms with Gasteiger partial charge >= 0.3 is 0 Å². The Morgan fingerprint density at radius 1 is 1.62 bits per heavy atom. The summed E-state index contributed by atoms with van der Waals surface area (Å²) < 4.78 is 12.3. The van der Waals surface area contributed by atoms with Crippen LogP contribution in [-0.2, 0) is 16.5 Å². The minimum atomic E-state index is -0.0818. The van der Waals surface area contributed by atoms with Crippen LogP contribution >= 0.6 is 11.8 Å². The Morgan fingerprint density at radius 2 is 2.38 bits per heavy atom. The van der Waals surface area contributed by atoms with Crippen molar-refractivity contribution in [3.63, 3.8) is 0 Å². The molecule has 1 aliphatic heterocycles. The lowest BCUT2D eigenvalue weighted by Gasteiger charge is -2.06. The minimum Gasteiger partial charge on any atom is -0.349 e. The van der Waals surface area contributed by atoms with E-state index in [0.717, 1.165) is 10.9 Å². The SMILES string of the molecule is Cn1ncnc1SCC1OCCO1. The first-order valence-electron chi connectivity index (χ1n) is 4.06. The van der Waals surface area contributed by atoms with E-state index >= 15 is 0 Å². The van der Waals surface area contributed by atoms with Crippen LogP contribution in [0, 0.1) is 0 Å². The smallest absolute Gasteiger partial charge is 0.185 e. The lowest BCUT2D eigenvalue weighted by atomic mass is 10.8. The van der Waals surface area contributed by atoms with Gasteiger partial charge < -0.3 is 9.47 Å². The molecule has 0 N–H and O–H groups in total. The van der Waals surface area contributed by atoms with Crippen molar-refractivity contribution in [1.29, 1.82) is 0 Å². The third-order valence-corrected chi connectivity index (χ3v) is 2.78. The lowest BCUT2D eigenvalue weighted by Crippen LogP contribution is -2.11. The van der Waals surface area contributed by atoms with Crippen LogP contribution in [0.2, 0.25) is 0 Å². The molecule has 0 aromatic carbocycles. The summed E-state index contributed by atoms with van der Waals surface area (Å²) in [6, 6.07) is 0. The number of thioether (sulfide) groups is 1. The van der Waals surface area contributed by atoms with Crippen molar-refractivity contribution in [3.8, 4) is 0 Å². The largest absolute Gasteiger partial charge is 0.349 e. The fraction of sp³-hybridized carbons (Fsp3) is 0.714. The van der Waals surface area contributed by atoms with E-state index in [0.29, 0.717) is 13.2 Å². The van der Waals surface area contributed by atoms with Gasteiger partial charge in [0.2, 0.25) is 0 Å². The Balaban J connectivity index is 1.82. The Morgan fingerprint density at radius 3 is 3.00 bits per heavy atom. The fourth-order valence-electron chi connectivity index (χ4n) is 1.06. The van der Waals surface area contributed by atoms with Crippen LogP contribution in [0.5, 0.6) is 0 Å². The molecule has 2 rings (SSSR count). The standard InChI is InChI=1S/C7H11N3O2S/c1-10-7(8-5-9-10)13-4-6-11-2-3-12-6/h5-6H,2-4H2,1H3. The van der Waals surface area contributed by atoms with E-state index in [4.69, 9.17) is 9.47 Å². The maximum atomic E-state index is 5.29. The van der Waals surface area contributed by atoms with E-state index in [1.165, 1.54) is 0 Å². The van der Waals surface area contributed by atoms with Crippen LogP contribution < -0.4 is 0 Å². The molecule has 72 valence electrons. The molecule has 6 heteroatoms. The van der Waals surface area contributed by atoms with Gasteiger partial charge in [-0.25, -0.2) is 9.67 Å². The van der Waals surface area contributed by atoms with Crippen molar-refractivity contribution in [2.75, 3.05) is 19.0 Å². The number of aromatic nitrogens is 3. The number of ether oxygens (including phenoxy) is 2. The number of rotatable bonds is 3. The van der Waals surface area contributed by atoms with Crippen molar-refractivity contribution in [3.05, 3.63) is 6.33 Å². The van der Waals surface area contributed by atoms with Gasteiger partial charge in [0.25, 0.3) is 0 Å². The number of aryl methyl sites for hydroxylation is 1. The summed E-state index contributed by atoms with van der Waals surface area (Å²) in [5, 5.41) is 4.85. The Labute approximate surface area is 80.4 Å². The van der Waals surface area contributed by atoms with Crippen molar-refractivity contribution in [1.82, 2.24) is 14.8 Å². The summed E-state index contributed by atoms with van der Waals surface area (Å²) in [6.45, 7) is 1.40. The molecular weight excluding hydrogens is 190 g/mol. The highest BCUT2D eigenvalue weighted by atomic mass is 32.2. The molecule has 13 heavy (non-hydrogen) atoms. The van der Waals surface area contributed by atoms with Crippen molar-refractivity contribution >= 4 is 11.8 Å². The van der Waals surface area contributed by atoms with Crippen LogP contribution in [0.3, 0.4) is 0 Å². The van der Waals surface area contributed by atoms with E-state index in [9.17, 15) is 0 Å². The topological polar surface area (TPSA) is 49.2 Å². The van der Waals surface area contributed by atoms with E-state index in [1.807, 2.05) is 7.05 Å². The molecule has 1 aromatic heterocycles. The summed E-state index contributed by atoms with van der Waals surface area (Å²) in [7, 11) is 1.87. The first kappa shape index (κ1) is 8.98. The Bertz CT molecular complexity index is 272. The van der Waals surface area contributed by atoms with Gasteiger partial charge in [-0.2, -0.15) is 5.10 Å². The van der Waals surface area contributed by atoms with Crippen LogP contribution in [-0.4, -0.2) is 40.0 Å². The minimum absolute atomic E-state index is 0.0818. The quantitative estimate of drug-likeness (QED) is 0.657. The van der Waals surface area contributed by atoms with Gasteiger partial charge in [0.15, 0.2) is 11.4 Å². The van der Waals surface area contributed by atoms with Gasteiger partial charge in [-0.15, -0.1) is 0 Å². The average Bonchev–Trinajstić information content (AvgIpc) is 2.72. The molecule has 0 saturated carbocycles. The number of hydrogen-bond acceptors (Lipinski definition) is 5. The van der Waals surface area contributed by atoms with Gasteiger partial charge in [0, 0.05) is 7.05 Å². The summed E-state index contributed by atoms with van der Waals surface area (Å²) in [4.78, 5) is 4.08. The fourth-order valence-corrected chi connectivity index (χ4v) is 1.90. The van der Waals surface area contributed by atoms with Crippen molar-refractivity contribution in [2.24, 2.45) is 7.05 Å². The van der Waals surface area contributed by atoms with Crippen LogP contribution in [0.25, 0.3) is 0 Å². The third kappa shape index (κ3) is 2.20. The summed E-state index contributed by atoms with van der Waals surface area (Å²) in [5.74, 6) is 0.770. The van der Waals surface area contributed by atoms with Gasteiger partial charge in [0.1, 0.15) is 6.33 Å². The van der Waals surface area contributed by atoms with Crippen LogP contribution in [0.15, 0.2) is 11.5 Å². The van der Waals surface area contributed by atoms with Crippen LogP contribution in [0.1, 0.15) is 0 Å². The average molecular weight is 201 g/mol. The second kappa shape index (κ2) is 4.08. The first-order chi connectivity index (χ1) is 6.36. The molecule has 1 fully saturated rings. The van der Waals surface area contributed by atoms with Crippen molar-refractivity contribution < 1.29 is 9.47 Å². The molecule has 0 atom stereocenters. The highest BCUT2D eigenvalue weighted by Gasteiger charge is 2.16. The first-order valence-corrected chi connectivity index (χ1v) is 5.05. The lowest BCUT2D eigenvalue weighted by molar-refractivity contribution is -0.0215. The Hall–Kier alpha value is -0.590. The molecule has 5 nitrogen and oxygen atoms in total. The number of hydrogen-bond donors (Lipinski definition) is 0. The zero-order valence-corrected chi connectivity index (χ0v) is 8.16. The van der Waals surface area contributed by atoms with Gasteiger partial charge in [0.05, 0.1) is 19.0 Å². The molecule has 1 aromatic rings. The maximum Gasteiger partial charge on any atom is 0.185 e. The molecule has 0 radical (unpaired) electrons. The van der Waals surface area contributed by atoms with Crippen LogP contribution in [0.4, 0.5) is 0 Å². The monoisotopic (exact) mass is 201 g/mol. The van der Waals surface area contributed by atoms with E-state index in [-0.39, 0.29) is 6.29 Å². The molecule has 1 aliphatic rings. The summed E-state index contributed by atoms with van der Waals surface area (Å²) >= 11 is 1.59. The molecule has 0 bridgehead atoms.